The Morgan fingerprint density at radius 3 is 2.76 bits per heavy atom. The normalized spacial score (nSPS) is 11.9. The van der Waals surface area contributed by atoms with E-state index in [9.17, 15) is 5.11 Å². The van der Waals surface area contributed by atoms with Gasteiger partial charge in [0.05, 0.1) is 4.88 Å². The van der Waals surface area contributed by atoms with Gasteiger partial charge in [0.25, 0.3) is 0 Å². The molecule has 2 nitrogen and oxygen atoms in total. The number of allylic oxidation sites excluding steroid dienone is 2. The summed E-state index contributed by atoms with van der Waals surface area (Å²) in [6.07, 6.45) is 4.32. The van der Waals surface area contributed by atoms with Crippen molar-refractivity contribution in [2.75, 3.05) is 0 Å². The Bertz CT molecular complexity index is 668. The smallest absolute Gasteiger partial charge is 0.137 e. The maximum atomic E-state index is 10.5. The van der Waals surface area contributed by atoms with Gasteiger partial charge in [-0.25, -0.2) is 0 Å². The fourth-order valence-corrected chi connectivity index (χ4v) is 3.33. The summed E-state index contributed by atoms with van der Waals surface area (Å²) >= 11 is 1.56. The van der Waals surface area contributed by atoms with E-state index in [2.05, 4.69) is 20.4 Å². The van der Waals surface area contributed by atoms with E-state index in [0.29, 0.717) is 17.4 Å². The first-order valence-corrected chi connectivity index (χ1v) is 7.89. The lowest BCUT2D eigenvalue weighted by molar-refractivity contribution is 0.467. The highest BCUT2D eigenvalue weighted by atomic mass is 32.1. The highest BCUT2D eigenvalue weighted by Gasteiger charge is 2.16. The molecule has 3 heteroatoms. The van der Waals surface area contributed by atoms with Crippen LogP contribution in [-0.2, 0) is 6.42 Å². The molecule has 0 unspecified atom stereocenters. The van der Waals surface area contributed by atoms with Crippen LogP contribution in [0.5, 0.6) is 5.75 Å². The third-order valence-corrected chi connectivity index (χ3v) is 4.30. The van der Waals surface area contributed by atoms with Crippen LogP contribution < -0.4 is 5.73 Å². The van der Waals surface area contributed by atoms with Gasteiger partial charge in [0.1, 0.15) is 5.75 Å². The molecule has 0 aliphatic heterocycles. The van der Waals surface area contributed by atoms with Gasteiger partial charge in [0.15, 0.2) is 0 Å². The van der Waals surface area contributed by atoms with Gasteiger partial charge in [-0.1, -0.05) is 50.8 Å². The first-order valence-electron chi connectivity index (χ1n) is 7.01. The van der Waals surface area contributed by atoms with E-state index in [1.165, 1.54) is 0 Å². The van der Waals surface area contributed by atoms with Gasteiger partial charge in [-0.3, -0.25) is 0 Å². The molecule has 0 aliphatic carbocycles. The van der Waals surface area contributed by atoms with Crippen molar-refractivity contribution in [1.29, 1.82) is 0 Å². The van der Waals surface area contributed by atoms with E-state index in [-0.39, 0.29) is 0 Å². The molecule has 2 aromatic rings. The molecule has 0 saturated carbocycles. The third kappa shape index (κ3) is 3.37. The molecule has 0 radical (unpaired) electrons. The second-order valence-electron chi connectivity index (χ2n) is 5.44. The maximum Gasteiger partial charge on any atom is 0.137 e. The summed E-state index contributed by atoms with van der Waals surface area (Å²) < 4.78 is 0. The van der Waals surface area contributed by atoms with Crippen LogP contribution in [0.2, 0.25) is 0 Å². The van der Waals surface area contributed by atoms with Crippen LogP contribution in [0.15, 0.2) is 48.4 Å². The maximum absolute atomic E-state index is 10.5. The Hall–Kier alpha value is -2.00. The molecule has 21 heavy (non-hydrogen) atoms. The molecule has 1 heterocycles. The van der Waals surface area contributed by atoms with Gasteiger partial charge in [-0.05, 0) is 23.8 Å². The van der Waals surface area contributed by atoms with Crippen molar-refractivity contribution in [1.82, 2.24) is 0 Å². The van der Waals surface area contributed by atoms with Crippen molar-refractivity contribution in [2.45, 2.75) is 20.3 Å². The Labute approximate surface area is 130 Å². The zero-order chi connectivity index (χ0) is 15.4. The molecule has 2 rings (SSSR count). The third-order valence-electron chi connectivity index (χ3n) is 3.25. The highest BCUT2D eigenvalue weighted by Crippen LogP contribution is 2.41. The van der Waals surface area contributed by atoms with Crippen LogP contribution in [0.1, 0.15) is 25.0 Å². The fourth-order valence-electron chi connectivity index (χ4n) is 2.31. The Morgan fingerprint density at radius 2 is 2.10 bits per heavy atom. The van der Waals surface area contributed by atoms with E-state index < -0.39 is 0 Å². The van der Waals surface area contributed by atoms with Crippen LogP contribution >= 0.6 is 11.3 Å². The number of benzene rings is 1. The van der Waals surface area contributed by atoms with Gasteiger partial charge < -0.3 is 10.8 Å². The summed E-state index contributed by atoms with van der Waals surface area (Å²) in [4.78, 5) is 0.877. The molecule has 0 fully saturated rings. The molecule has 0 amide bonds. The summed E-state index contributed by atoms with van der Waals surface area (Å²) in [7, 11) is 0. The number of rotatable bonds is 5. The quantitative estimate of drug-likeness (QED) is 0.779. The van der Waals surface area contributed by atoms with Gasteiger partial charge in [0.2, 0.25) is 0 Å². The predicted octanol–water partition coefficient (Wildman–Crippen LogP) is 4.80. The minimum absolute atomic E-state index is 0.382. The molecular formula is C18H21NOS. The Kier molecular flexibility index (Phi) is 4.86. The monoisotopic (exact) mass is 299 g/mol. The molecule has 0 saturated heterocycles. The average molecular weight is 299 g/mol. The topological polar surface area (TPSA) is 46.2 Å². The molecule has 1 aromatic carbocycles. The molecule has 0 aliphatic rings. The second-order valence-corrected chi connectivity index (χ2v) is 6.32. The first-order chi connectivity index (χ1) is 10.0. The number of thiophene rings is 1. The number of hydrogen-bond acceptors (Lipinski definition) is 3. The SMILES string of the molecule is C=C/C=C(\N)c1ccccc1-c1scc(CC(C)C)c1O. The minimum atomic E-state index is 0.382. The molecule has 0 spiro atoms. The summed E-state index contributed by atoms with van der Waals surface area (Å²) in [5.41, 5.74) is 9.64. The molecule has 0 bridgehead atoms. The summed E-state index contributed by atoms with van der Waals surface area (Å²) in [6.45, 7) is 7.98. The predicted molar refractivity (Wildman–Crippen MR) is 92.3 cm³/mol. The van der Waals surface area contributed by atoms with E-state index >= 15 is 0 Å². The van der Waals surface area contributed by atoms with Crippen LogP contribution in [0.3, 0.4) is 0 Å². The lowest BCUT2D eigenvalue weighted by Gasteiger charge is -2.09. The van der Waals surface area contributed by atoms with E-state index in [1.807, 2.05) is 29.6 Å². The molecule has 110 valence electrons. The van der Waals surface area contributed by atoms with Crippen molar-refractivity contribution in [3.63, 3.8) is 0 Å². The highest BCUT2D eigenvalue weighted by molar-refractivity contribution is 7.14. The second kappa shape index (κ2) is 6.64. The Balaban J connectivity index is 2.50. The van der Waals surface area contributed by atoms with Gasteiger partial charge >= 0.3 is 0 Å². The number of nitrogens with two attached hydrogens (primary N) is 1. The van der Waals surface area contributed by atoms with Gasteiger partial charge in [-0.15, -0.1) is 11.3 Å². The van der Waals surface area contributed by atoms with Gasteiger partial charge in [-0.2, -0.15) is 0 Å². The molecule has 0 atom stereocenters. The zero-order valence-corrected chi connectivity index (χ0v) is 13.3. The first kappa shape index (κ1) is 15.4. The molecule has 1 aromatic heterocycles. The van der Waals surface area contributed by atoms with Crippen molar-refractivity contribution < 1.29 is 5.11 Å². The summed E-state index contributed by atoms with van der Waals surface area (Å²) in [5, 5.41) is 12.5. The largest absolute Gasteiger partial charge is 0.506 e. The van der Waals surface area contributed by atoms with E-state index in [1.54, 1.807) is 23.5 Å². The van der Waals surface area contributed by atoms with Crippen LogP contribution in [0.25, 0.3) is 16.1 Å². The summed E-state index contributed by atoms with van der Waals surface area (Å²) in [6, 6.07) is 7.86. The molecular weight excluding hydrogens is 278 g/mol. The lowest BCUT2D eigenvalue weighted by atomic mass is 10.00. The van der Waals surface area contributed by atoms with Crippen LogP contribution in [0, 0.1) is 5.92 Å². The average Bonchev–Trinajstić information content (AvgIpc) is 2.80. The number of hydrogen-bond donors (Lipinski definition) is 2. The van der Waals surface area contributed by atoms with E-state index in [4.69, 9.17) is 5.73 Å². The lowest BCUT2D eigenvalue weighted by Crippen LogP contribution is -1.98. The Morgan fingerprint density at radius 1 is 1.38 bits per heavy atom. The van der Waals surface area contributed by atoms with Crippen molar-refractivity contribution in [3.05, 3.63) is 59.5 Å². The summed E-state index contributed by atoms with van der Waals surface area (Å²) in [5.74, 6) is 0.895. The standard InChI is InChI=1S/C18H21NOS/c1-4-7-16(19)14-8-5-6-9-15(14)18-17(20)13(11-21-18)10-12(2)3/h4-9,11-12,20H,1,10,19H2,2-3H3/b16-7-. The van der Waals surface area contributed by atoms with Crippen molar-refractivity contribution in [2.24, 2.45) is 11.7 Å². The molecule has 3 N–H and O–H groups in total. The van der Waals surface area contributed by atoms with Crippen LogP contribution in [-0.4, -0.2) is 5.11 Å². The van der Waals surface area contributed by atoms with Crippen molar-refractivity contribution >= 4 is 17.0 Å². The fraction of sp³-hybridized carbons (Fsp3) is 0.222. The number of aromatic hydroxyl groups is 1. The van der Waals surface area contributed by atoms with Crippen LogP contribution in [0.4, 0.5) is 0 Å². The van der Waals surface area contributed by atoms with Gasteiger partial charge in [0, 0.05) is 22.4 Å². The van der Waals surface area contributed by atoms with Crippen molar-refractivity contribution in [3.8, 4) is 16.2 Å². The minimum Gasteiger partial charge on any atom is -0.506 e. The van der Waals surface area contributed by atoms with E-state index in [0.717, 1.165) is 28.0 Å². The zero-order valence-electron chi connectivity index (χ0n) is 12.5.